The summed E-state index contributed by atoms with van der Waals surface area (Å²) < 4.78 is 0. The summed E-state index contributed by atoms with van der Waals surface area (Å²) in [5.41, 5.74) is 10.5. The SMILES string of the molecule is CC1=Cc2ccccc2C1[Si](C)(C)C1C(C(C)C)=Cc2ccccc21. The maximum atomic E-state index is 2.61. The summed E-state index contributed by atoms with van der Waals surface area (Å²) in [6.07, 6.45) is 4.91. The zero-order chi connectivity index (χ0) is 17.8. The topological polar surface area (TPSA) is 0 Å². The quantitative estimate of drug-likeness (QED) is 0.536. The van der Waals surface area contributed by atoms with E-state index in [9.17, 15) is 0 Å². The third kappa shape index (κ3) is 2.48. The average Bonchev–Trinajstić information content (AvgIpc) is 3.12. The molecule has 1 heteroatoms. The summed E-state index contributed by atoms with van der Waals surface area (Å²) in [5, 5.41) is 0. The lowest BCUT2D eigenvalue weighted by atomic mass is 10.0. The van der Waals surface area contributed by atoms with E-state index in [1.54, 1.807) is 22.3 Å². The number of benzene rings is 2. The third-order valence-electron chi connectivity index (χ3n) is 6.26. The Morgan fingerprint density at radius 2 is 1.28 bits per heavy atom. The maximum Gasteiger partial charge on any atom is 0.0722 e. The minimum atomic E-state index is -1.67. The second-order valence-corrected chi connectivity index (χ2v) is 13.4. The van der Waals surface area contributed by atoms with Gasteiger partial charge in [0.2, 0.25) is 0 Å². The summed E-state index contributed by atoms with van der Waals surface area (Å²) in [5.74, 6) is 0.602. The van der Waals surface area contributed by atoms with Crippen molar-refractivity contribution in [1.82, 2.24) is 0 Å². The van der Waals surface area contributed by atoms with Gasteiger partial charge in [0.15, 0.2) is 0 Å². The third-order valence-corrected chi connectivity index (χ3v) is 10.6. The van der Waals surface area contributed by atoms with Gasteiger partial charge in [0, 0.05) is 11.1 Å². The van der Waals surface area contributed by atoms with Crippen molar-refractivity contribution < 1.29 is 0 Å². The monoisotopic (exact) mass is 344 g/mol. The van der Waals surface area contributed by atoms with E-state index in [1.807, 2.05) is 0 Å². The van der Waals surface area contributed by atoms with E-state index in [-0.39, 0.29) is 0 Å². The van der Waals surface area contributed by atoms with E-state index in [0.717, 1.165) is 0 Å². The van der Waals surface area contributed by atoms with Gasteiger partial charge in [-0.25, -0.2) is 0 Å². The van der Waals surface area contributed by atoms with E-state index < -0.39 is 8.07 Å². The maximum absolute atomic E-state index is 2.61. The Bertz CT molecular complexity index is 882. The number of allylic oxidation sites excluding steroid dienone is 2. The molecule has 2 aliphatic carbocycles. The lowest BCUT2D eigenvalue weighted by Crippen LogP contribution is -2.43. The Morgan fingerprint density at radius 3 is 1.88 bits per heavy atom. The lowest BCUT2D eigenvalue weighted by Gasteiger charge is -2.40. The highest BCUT2D eigenvalue weighted by atomic mass is 28.3. The lowest BCUT2D eigenvalue weighted by molar-refractivity contribution is 0.731. The van der Waals surface area contributed by atoms with Gasteiger partial charge in [0.25, 0.3) is 0 Å². The van der Waals surface area contributed by atoms with Gasteiger partial charge in [0.1, 0.15) is 0 Å². The molecule has 0 bridgehead atoms. The highest BCUT2D eigenvalue weighted by Crippen LogP contribution is 2.53. The van der Waals surface area contributed by atoms with Crippen molar-refractivity contribution in [3.05, 3.63) is 81.9 Å². The summed E-state index contributed by atoms with van der Waals surface area (Å²) in [7, 11) is -1.67. The fraction of sp³-hybridized carbons (Fsp3) is 0.333. The fourth-order valence-electron chi connectivity index (χ4n) is 5.31. The van der Waals surface area contributed by atoms with Crippen molar-refractivity contribution in [3.63, 3.8) is 0 Å². The summed E-state index contributed by atoms with van der Waals surface area (Å²) in [4.78, 5) is 0. The van der Waals surface area contributed by atoms with Crippen molar-refractivity contribution in [2.24, 2.45) is 5.92 Å². The molecular formula is C24H28Si. The molecule has 0 spiro atoms. The predicted octanol–water partition coefficient (Wildman–Crippen LogP) is 6.81. The van der Waals surface area contributed by atoms with Crippen LogP contribution >= 0.6 is 0 Å². The first-order valence-electron chi connectivity index (χ1n) is 9.48. The molecule has 0 N–H and O–H groups in total. The molecule has 0 saturated carbocycles. The Balaban J connectivity index is 1.85. The van der Waals surface area contributed by atoms with Crippen LogP contribution in [0.2, 0.25) is 13.1 Å². The summed E-state index contributed by atoms with van der Waals surface area (Å²) in [6, 6.07) is 18.1. The van der Waals surface area contributed by atoms with Gasteiger partial charge in [0.05, 0.1) is 8.07 Å². The minimum absolute atomic E-state index is 0.602. The Hall–Kier alpha value is -1.86. The standard InChI is InChI=1S/C24H28Si/c1-16(2)22-15-19-11-7-9-13-21(19)24(22)25(4,5)23-17(3)14-18-10-6-8-12-20(18)23/h6-16,23-24H,1-5H3. The number of fused-ring (bicyclic) bond motifs is 2. The Labute approximate surface area is 153 Å². The molecule has 2 unspecified atom stereocenters. The van der Waals surface area contributed by atoms with Crippen molar-refractivity contribution in [1.29, 1.82) is 0 Å². The van der Waals surface area contributed by atoms with Crippen LogP contribution in [-0.2, 0) is 0 Å². The van der Waals surface area contributed by atoms with Crippen molar-refractivity contribution in [2.45, 2.75) is 44.9 Å². The summed E-state index contributed by atoms with van der Waals surface area (Å²) in [6.45, 7) is 12.3. The molecule has 0 aliphatic heterocycles. The van der Waals surface area contributed by atoms with Crippen LogP contribution < -0.4 is 0 Å². The molecule has 2 aromatic carbocycles. The second kappa shape index (κ2) is 5.84. The van der Waals surface area contributed by atoms with E-state index in [4.69, 9.17) is 0 Å². The smallest absolute Gasteiger partial charge is 0.0679 e. The predicted molar refractivity (Wildman–Crippen MR) is 112 cm³/mol. The van der Waals surface area contributed by atoms with Gasteiger partial charge in [-0.05, 0) is 35.1 Å². The average molecular weight is 345 g/mol. The first-order chi connectivity index (χ1) is 11.9. The van der Waals surface area contributed by atoms with E-state index >= 15 is 0 Å². The van der Waals surface area contributed by atoms with Gasteiger partial charge in [-0.2, -0.15) is 0 Å². The molecule has 0 radical (unpaired) electrons. The van der Waals surface area contributed by atoms with Crippen LogP contribution in [0.4, 0.5) is 0 Å². The Kier molecular flexibility index (Phi) is 3.88. The van der Waals surface area contributed by atoms with Crippen LogP contribution in [0.1, 0.15) is 54.1 Å². The molecule has 25 heavy (non-hydrogen) atoms. The highest BCUT2D eigenvalue weighted by molar-refractivity contribution is 6.81. The van der Waals surface area contributed by atoms with Gasteiger partial charge in [-0.15, -0.1) is 0 Å². The molecule has 2 atom stereocenters. The number of hydrogen-bond acceptors (Lipinski definition) is 0. The molecule has 128 valence electrons. The molecule has 4 rings (SSSR count). The molecule has 0 amide bonds. The van der Waals surface area contributed by atoms with Crippen LogP contribution in [0.25, 0.3) is 12.2 Å². The fourth-order valence-corrected chi connectivity index (χ4v) is 10.3. The van der Waals surface area contributed by atoms with Crippen molar-refractivity contribution >= 4 is 20.2 Å². The number of hydrogen-bond donors (Lipinski definition) is 0. The van der Waals surface area contributed by atoms with Crippen LogP contribution in [0.5, 0.6) is 0 Å². The Morgan fingerprint density at radius 1 is 0.760 bits per heavy atom. The molecule has 0 aromatic heterocycles. The van der Waals surface area contributed by atoms with Crippen molar-refractivity contribution in [3.8, 4) is 0 Å². The van der Waals surface area contributed by atoms with Gasteiger partial charge in [-0.1, -0.05) is 98.8 Å². The number of rotatable bonds is 3. The van der Waals surface area contributed by atoms with Crippen LogP contribution in [-0.4, -0.2) is 8.07 Å². The van der Waals surface area contributed by atoms with E-state index in [1.165, 1.54) is 11.1 Å². The van der Waals surface area contributed by atoms with Gasteiger partial charge >= 0.3 is 0 Å². The first kappa shape index (κ1) is 16.6. The zero-order valence-corrected chi connectivity index (χ0v) is 17.0. The molecule has 0 fully saturated rings. The molecule has 0 heterocycles. The zero-order valence-electron chi connectivity index (χ0n) is 16.0. The molecule has 0 nitrogen and oxygen atoms in total. The van der Waals surface area contributed by atoms with Crippen molar-refractivity contribution in [2.75, 3.05) is 0 Å². The van der Waals surface area contributed by atoms with E-state index in [0.29, 0.717) is 17.0 Å². The largest absolute Gasteiger partial charge is 0.0722 e. The summed E-state index contributed by atoms with van der Waals surface area (Å²) >= 11 is 0. The molecular weight excluding hydrogens is 316 g/mol. The molecule has 2 aliphatic rings. The molecule has 0 saturated heterocycles. The van der Waals surface area contributed by atoms with Gasteiger partial charge < -0.3 is 0 Å². The van der Waals surface area contributed by atoms with Crippen LogP contribution in [0.3, 0.4) is 0 Å². The van der Waals surface area contributed by atoms with E-state index in [2.05, 4.69) is 94.5 Å². The minimum Gasteiger partial charge on any atom is -0.0679 e. The van der Waals surface area contributed by atoms with Gasteiger partial charge in [-0.3, -0.25) is 0 Å². The highest BCUT2D eigenvalue weighted by Gasteiger charge is 2.47. The van der Waals surface area contributed by atoms with Crippen LogP contribution in [0, 0.1) is 5.92 Å². The molecule has 2 aromatic rings. The first-order valence-corrected chi connectivity index (χ1v) is 12.6. The van der Waals surface area contributed by atoms with Crippen LogP contribution in [0.15, 0.2) is 59.7 Å². The normalized spacial score (nSPS) is 21.8. The second-order valence-electron chi connectivity index (χ2n) is 8.63.